The lowest BCUT2D eigenvalue weighted by Crippen LogP contribution is -2.58. The van der Waals surface area contributed by atoms with Crippen molar-refractivity contribution in [1.29, 1.82) is 0 Å². The number of nitrogens with two attached hydrogens (primary N) is 1. The second kappa shape index (κ2) is 11.0. The number of carbonyl (C=O) groups excluding carboxylic acids is 2. The maximum atomic E-state index is 12.6. The van der Waals surface area contributed by atoms with Crippen molar-refractivity contribution >= 4 is 17.7 Å². The summed E-state index contributed by atoms with van der Waals surface area (Å²) in [6.45, 7) is 8.10. The zero-order valence-corrected chi connectivity index (χ0v) is 17.7. The van der Waals surface area contributed by atoms with E-state index in [-0.39, 0.29) is 18.1 Å². The van der Waals surface area contributed by atoms with Crippen LogP contribution in [0.5, 0.6) is 0 Å². The quantitative estimate of drug-likeness (QED) is 0.578. The molecule has 2 rings (SSSR count). The number of aryl methyl sites for hydroxylation is 1. The fourth-order valence-electron chi connectivity index (χ4n) is 3.43. The molecule has 0 spiro atoms. The van der Waals surface area contributed by atoms with Crippen molar-refractivity contribution in [1.82, 2.24) is 5.32 Å². The highest BCUT2D eigenvalue weighted by molar-refractivity contribution is 5.90. The summed E-state index contributed by atoms with van der Waals surface area (Å²) in [5, 5.41) is 5.77. The van der Waals surface area contributed by atoms with Gasteiger partial charge in [0.1, 0.15) is 0 Å². The van der Waals surface area contributed by atoms with Gasteiger partial charge in [-0.05, 0) is 56.9 Å². The SMILES string of the molecule is CCOC(=O)C1=C[C@H](OC(CC)CC)[C@H](NC(=O)Nc2cccc(C)c2)[C@@H](N)C1. The average Bonchev–Trinajstić information content (AvgIpc) is 2.68. The molecule has 0 aromatic heterocycles. The average molecular weight is 404 g/mol. The number of benzene rings is 1. The number of nitrogens with one attached hydrogen (secondary N) is 2. The van der Waals surface area contributed by atoms with Crippen LogP contribution in [0.3, 0.4) is 0 Å². The first-order valence-electron chi connectivity index (χ1n) is 10.3. The molecule has 0 bridgehead atoms. The summed E-state index contributed by atoms with van der Waals surface area (Å²) < 4.78 is 11.3. The van der Waals surface area contributed by atoms with E-state index in [4.69, 9.17) is 15.2 Å². The molecule has 0 aliphatic heterocycles. The maximum absolute atomic E-state index is 12.6. The topological polar surface area (TPSA) is 103 Å². The van der Waals surface area contributed by atoms with Crippen LogP contribution in [-0.4, -0.2) is 42.9 Å². The number of rotatable bonds is 8. The van der Waals surface area contributed by atoms with Crippen LogP contribution in [0.4, 0.5) is 10.5 Å². The van der Waals surface area contributed by atoms with Crippen molar-refractivity contribution in [3.05, 3.63) is 41.5 Å². The first kappa shape index (κ1) is 22.9. The summed E-state index contributed by atoms with van der Waals surface area (Å²) in [5.74, 6) is -0.385. The molecule has 0 saturated carbocycles. The Balaban J connectivity index is 2.17. The number of hydrogen-bond acceptors (Lipinski definition) is 5. The fourth-order valence-corrected chi connectivity index (χ4v) is 3.43. The Bertz CT molecular complexity index is 731. The Morgan fingerprint density at radius 1 is 1.24 bits per heavy atom. The summed E-state index contributed by atoms with van der Waals surface area (Å²) in [6.07, 6.45) is 3.22. The molecule has 0 radical (unpaired) electrons. The van der Waals surface area contributed by atoms with E-state index in [1.54, 1.807) is 13.0 Å². The Hall–Kier alpha value is -2.38. The third-order valence-corrected chi connectivity index (χ3v) is 5.01. The third-order valence-electron chi connectivity index (χ3n) is 5.01. The molecule has 0 fully saturated rings. The van der Waals surface area contributed by atoms with Crippen molar-refractivity contribution < 1.29 is 19.1 Å². The molecule has 2 amide bonds. The number of urea groups is 1. The monoisotopic (exact) mass is 403 g/mol. The van der Waals surface area contributed by atoms with Gasteiger partial charge in [-0.3, -0.25) is 0 Å². The van der Waals surface area contributed by atoms with E-state index in [2.05, 4.69) is 10.6 Å². The Labute approximate surface area is 173 Å². The van der Waals surface area contributed by atoms with E-state index >= 15 is 0 Å². The van der Waals surface area contributed by atoms with Gasteiger partial charge in [-0.25, -0.2) is 9.59 Å². The third kappa shape index (κ3) is 6.58. The summed E-state index contributed by atoms with van der Waals surface area (Å²) in [4.78, 5) is 24.8. The predicted octanol–water partition coefficient (Wildman–Crippen LogP) is 3.28. The van der Waals surface area contributed by atoms with Crippen LogP contribution in [0.15, 0.2) is 35.9 Å². The summed E-state index contributed by atoms with van der Waals surface area (Å²) in [6, 6.07) is 6.26. The molecule has 7 nitrogen and oxygen atoms in total. The zero-order chi connectivity index (χ0) is 21.4. The first-order chi connectivity index (χ1) is 13.9. The van der Waals surface area contributed by atoms with Gasteiger partial charge in [-0.2, -0.15) is 0 Å². The van der Waals surface area contributed by atoms with Crippen LogP contribution >= 0.6 is 0 Å². The van der Waals surface area contributed by atoms with E-state index in [0.717, 1.165) is 18.4 Å². The molecule has 29 heavy (non-hydrogen) atoms. The second-order valence-corrected chi connectivity index (χ2v) is 7.31. The lowest BCUT2D eigenvalue weighted by molar-refractivity contribution is -0.139. The Morgan fingerprint density at radius 2 is 1.97 bits per heavy atom. The minimum Gasteiger partial charge on any atom is -0.463 e. The highest BCUT2D eigenvalue weighted by Crippen LogP contribution is 2.24. The number of carbonyl (C=O) groups is 2. The van der Waals surface area contributed by atoms with E-state index in [0.29, 0.717) is 24.3 Å². The molecule has 0 saturated heterocycles. The molecule has 1 aliphatic carbocycles. The molecule has 1 aromatic carbocycles. The molecule has 160 valence electrons. The molecule has 3 atom stereocenters. The smallest absolute Gasteiger partial charge is 0.333 e. The number of anilines is 1. The number of esters is 1. The summed E-state index contributed by atoms with van der Waals surface area (Å²) >= 11 is 0. The van der Waals surface area contributed by atoms with Crippen LogP contribution < -0.4 is 16.4 Å². The molecule has 1 aromatic rings. The lowest BCUT2D eigenvalue weighted by Gasteiger charge is -2.36. The minimum atomic E-state index is -0.508. The normalized spacial score (nSPS) is 21.4. The van der Waals surface area contributed by atoms with Gasteiger partial charge in [0.15, 0.2) is 0 Å². The van der Waals surface area contributed by atoms with Crippen molar-refractivity contribution in [2.24, 2.45) is 5.73 Å². The lowest BCUT2D eigenvalue weighted by atomic mass is 9.88. The Kier molecular flexibility index (Phi) is 8.67. The van der Waals surface area contributed by atoms with Gasteiger partial charge < -0.3 is 25.8 Å². The van der Waals surface area contributed by atoms with E-state index < -0.39 is 18.2 Å². The maximum Gasteiger partial charge on any atom is 0.333 e. The van der Waals surface area contributed by atoms with Gasteiger partial charge in [-0.1, -0.05) is 26.0 Å². The molecular formula is C22H33N3O4. The van der Waals surface area contributed by atoms with Crippen molar-refractivity contribution in [2.75, 3.05) is 11.9 Å². The van der Waals surface area contributed by atoms with Crippen LogP contribution in [-0.2, 0) is 14.3 Å². The van der Waals surface area contributed by atoms with Gasteiger partial charge in [0.2, 0.25) is 0 Å². The number of amides is 2. The van der Waals surface area contributed by atoms with Gasteiger partial charge in [0.25, 0.3) is 0 Å². The molecule has 4 N–H and O–H groups in total. The Morgan fingerprint density at radius 3 is 2.59 bits per heavy atom. The predicted molar refractivity (Wildman–Crippen MR) is 114 cm³/mol. The molecule has 1 aliphatic rings. The molecule has 7 heteroatoms. The van der Waals surface area contributed by atoms with Crippen molar-refractivity contribution in [2.45, 2.75) is 71.2 Å². The molecule has 0 unspecified atom stereocenters. The number of hydrogen-bond donors (Lipinski definition) is 3. The standard InChI is InChI=1S/C22H33N3O4/c1-5-17(6-2)29-19-13-15(21(26)28-7-3)12-18(23)20(19)25-22(27)24-16-10-8-9-14(4)11-16/h8-11,13,17-20H,5-7,12,23H2,1-4H3,(H2,24,25,27)/t18-,19-,20+/m0/s1. The highest BCUT2D eigenvalue weighted by Gasteiger charge is 2.36. The van der Waals surface area contributed by atoms with E-state index in [1.165, 1.54) is 0 Å². The molecular weight excluding hydrogens is 370 g/mol. The van der Waals surface area contributed by atoms with Crippen LogP contribution in [0, 0.1) is 6.92 Å². The van der Waals surface area contributed by atoms with Crippen molar-refractivity contribution in [3.8, 4) is 0 Å². The fraction of sp³-hybridized carbons (Fsp3) is 0.545. The van der Waals surface area contributed by atoms with Gasteiger partial charge in [-0.15, -0.1) is 0 Å². The minimum absolute atomic E-state index is 0.00845. The highest BCUT2D eigenvalue weighted by atomic mass is 16.5. The first-order valence-corrected chi connectivity index (χ1v) is 10.3. The molecule has 0 heterocycles. The van der Waals surface area contributed by atoms with Gasteiger partial charge in [0, 0.05) is 17.3 Å². The van der Waals surface area contributed by atoms with Gasteiger partial charge >= 0.3 is 12.0 Å². The van der Waals surface area contributed by atoms with Crippen molar-refractivity contribution in [3.63, 3.8) is 0 Å². The summed E-state index contributed by atoms with van der Waals surface area (Å²) in [5.41, 5.74) is 8.59. The van der Waals surface area contributed by atoms with Gasteiger partial charge in [0.05, 0.1) is 24.9 Å². The van der Waals surface area contributed by atoms with E-state index in [1.807, 2.05) is 45.0 Å². The largest absolute Gasteiger partial charge is 0.463 e. The van der Waals surface area contributed by atoms with Crippen LogP contribution in [0.25, 0.3) is 0 Å². The summed E-state index contributed by atoms with van der Waals surface area (Å²) in [7, 11) is 0. The zero-order valence-electron chi connectivity index (χ0n) is 17.7. The van der Waals surface area contributed by atoms with E-state index in [9.17, 15) is 9.59 Å². The van der Waals surface area contributed by atoms with Crippen LogP contribution in [0.2, 0.25) is 0 Å². The number of ether oxygens (including phenoxy) is 2. The second-order valence-electron chi connectivity index (χ2n) is 7.31. The van der Waals surface area contributed by atoms with Crippen LogP contribution in [0.1, 0.15) is 45.6 Å².